The van der Waals surface area contributed by atoms with Crippen molar-refractivity contribution in [2.75, 3.05) is 13.2 Å². The molecule has 0 aromatic rings. The fourth-order valence-corrected chi connectivity index (χ4v) is 9.53. The van der Waals surface area contributed by atoms with Gasteiger partial charge in [-0.2, -0.15) is 0 Å². The maximum Gasteiger partial charge on any atom is 0.306 e. The summed E-state index contributed by atoms with van der Waals surface area (Å²) in [6.45, 7) is 6.42. The topological polar surface area (TPSA) is 78.9 Å². The summed E-state index contributed by atoms with van der Waals surface area (Å²) in [6, 6.07) is 0. The molecular formula is C77H128O6. The molecule has 1 unspecified atom stereocenters. The van der Waals surface area contributed by atoms with Gasteiger partial charge in [-0.3, -0.25) is 14.4 Å². The van der Waals surface area contributed by atoms with E-state index in [1.807, 2.05) is 0 Å². The molecule has 0 rings (SSSR count). The zero-order valence-electron chi connectivity index (χ0n) is 54.2. The molecular weight excluding hydrogens is 1020 g/mol. The molecule has 0 aromatic heterocycles. The van der Waals surface area contributed by atoms with Gasteiger partial charge in [0.15, 0.2) is 6.10 Å². The van der Waals surface area contributed by atoms with Crippen LogP contribution < -0.4 is 0 Å². The van der Waals surface area contributed by atoms with Crippen LogP contribution in [0.3, 0.4) is 0 Å². The van der Waals surface area contributed by atoms with Gasteiger partial charge in [0.1, 0.15) is 13.2 Å². The lowest BCUT2D eigenvalue weighted by molar-refractivity contribution is -0.167. The van der Waals surface area contributed by atoms with Crippen LogP contribution >= 0.6 is 0 Å². The summed E-state index contributed by atoms with van der Waals surface area (Å²) in [5.74, 6) is -0.907. The van der Waals surface area contributed by atoms with E-state index in [0.29, 0.717) is 19.3 Å². The Balaban J connectivity index is 4.42. The van der Waals surface area contributed by atoms with E-state index < -0.39 is 6.10 Å². The Morgan fingerprint density at radius 3 is 0.735 bits per heavy atom. The SMILES string of the molecule is CC/C=C\C/C=C\C/C=C\C/C=C\C/C=C\C/C=C\CCCCCCCCCCC(=O)OCC(COC(=O)CCCCCCCCCCCCCCCCCCC)OC(=O)CCCCCCC/C=C\C/C=C\C/C=C\C/C=C\C/C=C\CC. The average Bonchev–Trinajstić information content (AvgIpc) is 3.49. The van der Waals surface area contributed by atoms with E-state index in [4.69, 9.17) is 14.2 Å². The quantitative estimate of drug-likeness (QED) is 0.0261. The number of carbonyl (C=O) groups is 3. The molecule has 6 heteroatoms. The number of unbranched alkanes of at least 4 members (excludes halogenated alkanes) is 29. The molecule has 0 bridgehead atoms. The first-order chi connectivity index (χ1) is 41.0. The summed E-state index contributed by atoms with van der Waals surface area (Å²) in [4.78, 5) is 38.5. The lowest BCUT2D eigenvalue weighted by Crippen LogP contribution is -2.30. The highest BCUT2D eigenvalue weighted by molar-refractivity contribution is 5.71. The first kappa shape index (κ1) is 78.5. The van der Waals surface area contributed by atoms with Gasteiger partial charge in [-0.25, -0.2) is 0 Å². The van der Waals surface area contributed by atoms with Crippen molar-refractivity contribution in [2.45, 2.75) is 322 Å². The molecule has 0 fully saturated rings. The van der Waals surface area contributed by atoms with E-state index in [2.05, 4.69) is 154 Å². The second-order valence-corrected chi connectivity index (χ2v) is 22.7. The summed E-state index contributed by atoms with van der Waals surface area (Å²) in [5.41, 5.74) is 0. The van der Waals surface area contributed by atoms with Crippen LogP contribution in [-0.4, -0.2) is 37.2 Å². The van der Waals surface area contributed by atoms with Crippen molar-refractivity contribution in [2.24, 2.45) is 0 Å². The lowest BCUT2D eigenvalue weighted by Gasteiger charge is -2.18. The predicted molar refractivity (Wildman–Crippen MR) is 362 cm³/mol. The highest BCUT2D eigenvalue weighted by Gasteiger charge is 2.19. The van der Waals surface area contributed by atoms with Crippen molar-refractivity contribution in [3.8, 4) is 0 Å². The molecule has 0 heterocycles. The normalized spacial score (nSPS) is 13.0. The summed E-state index contributed by atoms with van der Waals surface area (Å²) >= 11 is 0. The first-order valence-corrected chi connectivity index (χ1v) is 34.7. The molecule has 1 atom stereocenters. The fourth-order valence-electron chi connectivity index (χ4n) is 9.53. The molecule has 0 aromatic carbocycles. The predicted octanol–water partition coefficient (Wildman–Crippen LogP) is 24.1. The van der Waals surface area contributed by atoms with Gasteiger partial charge in [0, 0.05) is 19.3 Å². The van der Waals surface area contributed by atoms with E-state index in [1.165, 1.54) is 122 Å². The minimum Gasteiger partial charge on any atom is -0.462 e. The monoisotopic (exact) mass is 1150 g/mol. The van der Waals surface area contributed by atoms with Gasteiger partial charge < -0.3 is 14.2 Å². The summed E-state index contributed by atoms with van der Waals surface area (Å²) in [5, 5.41) is 0. The van der Waals surface area contributed by atoms with Gasteiger partial charge in [-0.1, -0.05) is 315 Å². The Hall–Kier alpha value is -4.45. The maximum absolute atomic E-state index is 13.0. The second-order valence-electron chi connectivity index (χ2n) is 22.7. The molecule has 6 nitrogen and oxygen atoms in total. The maximum atomic E-state index is 13.0. The van der Waals surface area contributed by atoms with Crippen molar-refractivity contribution in [1.82, 2.24) is 0 Å². The van der Waals surface area contributed by atoms with Gasteiger partial charge in [0.05, 0.1) is 0 Å². The Morgan fingerprint density at radius 2 is 0.470 bits per heavy atom. The molecule has 83 heavy (non-hydrogen) atoms. The van der Waals surface area contributed by atoms with Crippen molar-refractivity contribution in [1.29, 1.82) is 0 Å². The third-order valence-corrected chi connectivity index (χ3v) is 14.7. The molecule has 0 aliphatic heterocycles. The van der Waals surface area contributed by atoms with Gasteiger partial charge >= 0.3 is 17.9 Å². The third-order valence-electron chi connectivity index (χ3n) is 14.7. The Labute approximate surface area is 513 Å². The van der Waals surface area contributed by atoms with Crippen LogP contribution in [0, 0.1) is 0 Å². The van der Waals surface area contributed by atoms with Crippen LogP contribution in [0.4, 0.5) is 0 Å². The number of ether oxygens (including phenoxy) is 3. The molecule has 472 valence electrons. The van der Waals surface area contributed by atoms with Crippen molar-refractivity contribution >= 4 is 17.9 Å². The van der Waals surface area contributed by atoms with Gasteiger partial charge in [-0.05, 0) is 116 Å². The number of carbonyl (C=O) groups excluding carboxylic acids is 3. The Morgan fingerprint density at radius 1 is 0.253 bits per heavy atom. The summed E-state index contributed by atoms with van der Waals surface area (Å²) in [7, 11) is 0. The minimum atomic E-state index is -0.797. The minimum absolute atomic E-state index is 0.0893. The molecule has 0 spiro atoms. The highest BCUT2D eigenvalue weighted by Crippen LogP contribution is 2.17. The molecule has 0 N–H and O–H groups in total. The molecule has 0 amide bonds. The number of rotatable bonds is 62. The zero-order valence-corrected chi connectivity index (χ0v) is 54.2. The number of esters is 3. The molecule has 0 aliphatic carbocycles. The summed E-state index contributed by atoms with van der Waals surface area (Å²) < 4.78 is 17.0. The fraction of sp³-hybridized carbons (Fsp3) is 0.675. The van der Waals surface area contributed by atoms with Gasteiger partial charge in [-0.15, -0.1) is 0 Å². The Bertz CT molecular complexity index is 1750. The standard InChI is InChI=1S/C77H128O6/c1-4-7-10-13-16-19-22-25-28-31-33-35-36-37-38-39-40-42-43-46-49-52-55-58-61-64-67-70-76(79)82-73-74(72-81-75(78)69-66-63-60-57-54-51-48-45-30-27-24-21-18-15-12-9-6-3)83-77(80)71-68-65-62-59-56-53-50-47-44-41-34-32-29-26-23-20-17-14-11-8-5-2/h7-8,10-11,16-17,19-20,25-26,28-29,33-35,37-38,40-42,47,50,74H,4-6,9,12-15,18,21-24,27,30-32,36,39,43-46,48-49,51-73H2,1-3H3/b10-7-,11-8-,19-16-,20-17-,28-25-,29-26-,35-33-,38-37-,41-34-,42-40-,50-47-. The van der Waals surface area contributed by atoms with Gasteiger partial charge in [0.25, 0.3) is 0 Å². The van der Waals surface area contributed by atoms with Crippen LogP contribution in [0.1, 0.15) is 316 Å². The zero-order chi connectivity index (χ0) is 59.9. The van der Waals surface area contributed by atoms with Crippen molar-refractivity contribution < 1.29 is 28.6 Å². The molecule has 0 radical (unpaired) electrons. The third kappa shape index (κ3) is 68.2. The van der Waals surface area contributed by atoms with Crippen molar-refractivity contribution in [3.63, 3.8) is 0 Å². The molecule has 0 saturated carbocycles. The average molecular weight is 1150 g/mol. The number of hydrogen-bond donors (Lipinski definition) is 0. The van der Waals surface area contributed by atoms with Crippen LogP contribution in [-0.2, 0) is 28.6 Å². The van der Waals surface area contributed by atoms with E-state index in [0.717, 1.165) is 154 Å². The largest absolute Gasteiger partial charge is 0.462 e. The highest BCUT2D eigenvalue weighted by atomic mass is 16.6. The van der Waals surface area contributed by atoms with Crippen molar-refractivity contribution in [3.05, 3.63) is 134 Å². The lowest BCUT2D eigenvalue weighted by atomic mass is 10.0. The van der Waals surface area contributed by atoms with E-state index >= 15 is 0 Å². The van der Waals surface area contributed by atoms with Crippen LogP contribution in [0.2, 0.25) is 0 Å². The molecule has 0 saturated heterocycles. The Kier molecular flexibility index (Phi) is 66.3. The van der Waals surface area contributed by atoms with E-state index in [9.17, 15) is 14.4 Å². The van der Waals surface area contributed by atoms with E-state index in [1.54, 1.807) is 0 Å². The smallest absolute Gasteiger partial charge is 0.306 e. The number of hydrogen-bond acceptors (Lipinski definition) is 6. The van der Waals surface area contributed by atoms with Gasteiger partial charge in [0.2, 0.25) is 0 Å². The summed E-state index contributed by atoms with van der Waals surface area (Å²) in [6.07, 6.45) is 98.9. The van der Waals surface area contributed by atoms with Crippen LogP contribution in [0.25, 0.3) is 0 Å². The second kappa shape index (κ2) is 70.0. The van der Waals surface area contributed by atoms with E-state index in [-0.39, 0.29) is 31.1 Å². The molecule has 0 aliphatic rings. The van der Waals surface area contributed by atoms with Crippen LogP contribution in [0.5, 0.6) is 0 Å². The number of allylic oxidation sites excluding steroid dienone is 22. The van der Waals surface area contributed by atoms with Crippen LogP contribution in [0.15, 0.2) is 134 Å². The first-order valence-electron chi connectivity index (χ1n) is 34.7.